The molecule has 0 bridgehead atoms. The Hall–Kier alpha value is -1.76. The van der Waals surface area contributed by atoms with Crippen LogP contribution in [0.5, 0.6) is 0 Å². The maximum Gasteiger partial charge on any atom is 0.0379 e. The van der Waals surface area contributed by atoms with E-state index >= 15 is 0 Å². The Balaban J connectivity index is 2.22. The third-order valence-corrected chi connectivity index (χ3v) is 4.00. The number of aryl methyl sites for hydroxylation is 3. The molecule has 0 unspecified atom stereocenters. The predicted molar refractivity (Wildman–Crippen MR) is 78.3 cm³/mol. The van der Waals surface area contributed by atoms with Crippen molar-refractivity contribution in [2.75, 3.05) is 11.9 Å². The van der Waals surface area contributed by atoms with Gasteiger partial charge in [0.25, 0.3) is 0 Å². The zero-order chi connectivity index (χ0) is 12.7. The molecule has 0 fully saturated rings. The highest BCUT2D eigenvalue weighted by molar-refractivity contribution is 5.78. The summed E-state index contributed by atoms with van der Waals surface area (Å²) in [6.45, 7) is 7.66. The summed E-state index contributed by atoms with van der Waals surface area (Å²) in [5.41, 5.74) is 9.70. The van der Waals surface area contributed by atoms with Crippen LogP contribution >= 0.6 is 0 Å². The molecule has 1 aliphatic rings. The second-order valence-corrected chi connectivity index (χ2v) is 5.26. The Kier molecular flexibility index (Phi) is 2.62. The van der Waals surface area contributed by atoms with E-state index in [4.69, 9.17) is 0 Å². The van der Waals surface area contributed by atoms with Crippen molar-refractivity contribution < 1.29 is 0 Å². The van der Waals surface area contributed by atoms with E-state index in [0.29, 0.717) is 0 Å². The van der Waals surface area contributed by atoms with Crippen LogP contribution in [-0.4, -0.2) is 6.54 Å². The van der Waals surface area contributed by atoms with Gasteiger partial charge in [0.05, 0.1) is 0 Å². The van der Waals surface area contributed by atoms with Gasteiger partial charge in [0, 0.05) is 12.2 Å². The molecule has 2 aromatic carbocycles. The van der Waals surface area contributed by atoms with Crippen LogP contribution in [0.15, 0.2) is 30.3 Å². The van der Waals surface area contributed by atoms with Crippen molar-refractivity contribution in [1.82, 2.24) is 0 Å². The molecule has 1 heteroatoms. The molecular formula is C17H19N. The summed E-state index contributed by atoms with van der Waals surface area (Å²) in [4.78, 5) is 0. The lowest BCUT2D eigenvalue weighted by Crippen LogP contribution is -1.92. The van der Waals surface area contributed by atoms with Crippen LogP contribution in [0.3, 0.4) is 0 Å². The predicted octanol–water partition coefficient (Wildman–Crippen LogP) is 4.25. The molecule has 1 aliphatic heterocycles. The number of benzene rings is 2. The van der Waals surface area contributed by atoms with Crippen LogP contribution in [0, 0.1) is 20.8 Å². The normalized spacial score (nSPS) is 13.3. The first kappa shape index (κ1) is 11.3. The molecule has 0 saturated heterocycles. The fraction of sp³-hybridized carbons (Fsp3) is 0.294. The van der Waals surface area contributed by atoms with Crippen LogP contribution in [0.4, 0.5) is 5.69 Å². The van der Waals surface area contributed by atoms with Gasteiger partial charge in [-0.15, -0.1) is 0 Å². The molecule has 0 amide bonds. The van der Waals surface area contributed by atoms with E-state index in [9.17, 15) is 0 Å². The van der Waals surface area contributed by atoms with E-state index in [1.165, 1.54) is 39.1 Å². The Morgan fingerprint density at radius 2 is 1.67 bits per heavy atom. The minimum absolute atomic E-state index is 1.07. The molecule has 1 N–H and O–H groups in total. The second-order valence-electron chi connectivity index (χ2n) is 5.26. The van der Waals surface area contributed by atoms with Crippen molar-refractivity contribution in [2.24, 2.45) is 0 Å². The lowest BCUT2D eigenvalue weighted by molar-refractivity contribution is 1.11. The van der Waals surface area contributed by atoms with E-state index in [-0.39, 0.29) is 0 Å². The lowest BCUT2D eigenvalue weighted by atomic mass is 9.92. The van der Waals surface area contributed by atoms with Gasteiger partial charge in [0.15, 0.2) is 0 Å². The Labute approximate surface area is 109 Å². The minimum atomic E-state index is 1.07. The quantitative estimate of drug-likeness (QED) is 0.782. The molecular weight excluding hydrogens is 218 g/mol. The Morgan fingerprint density at radius 3 is 2.50 bits per heavy atom. The fourth-order valence-corrected chi connectivity index (χ4v) is 2.85. The van der Waals surface area contributed by atoms with Gasteiger partial charge in [-0.05, 0) is 66.6 Å². The number of nitrogens with one attached hydrogen (secondary N) is 1. The molecule has 0 radical (unpaired) electrons. The van der Waals surface area contributed by atoms with Gasteiger partial charge in [-0.1, -0.05) is 24.3 Å². The molecule has 2 aromatic rings. The van der Waals surface area contributed by atoms with E-state index in [2.05, 4.69) is 56.4 Å². The molecule has 1 heterocycles. The van der Waals surface area contributed by atoms with E-state index in [1.54, 1.807) is 0 Å². The summed E-state index contributed by atoms with van der Waals surface area (Å²) in [5, 5.41) is 3.46. The van der Waals surface area contributed by atoms with Crippen LogP contribution in [-0.2, 0) is 6.42 Å². The van der Waals surface area contributed by atoms with Gasteiger partial charge in [0.1, 0.15) is 0 Å². The van der Waals surface area contributed by atoms with Gasteiger partial charge in [0.2, 0.25) is 0 Å². The van der Waals surface area contributed by atoms with Crippen molar-refractivity contribution in [2.45, 2.75) is 27.2 Å². The van der Waals surface area contributed by atoms with Gasteiger partial charge in [-0.3, -0.25) is 0 Å². The molecule has 92 valence electrons. The van der Waals surface area contributed by atoms with Crippen LogP contribution in [0.25, 0.3) is 11.1 Å². The zero-order valence-corrected chi connectivity index (χ0v) is 11.3. The summed E-state index contributed by atoms with van der Waals surface area (Å²) < 4.78 is 0. The number of fused-ring (bicyclic) bond motifs is 1. The standard InChI is InChI=1S/C17H19N/c1-11-9-13(3)16(10-12(11)2)14-5-4-6-17-15(14)7-8-18-17/h4-6,9-10,18H,7-8H2,1-3H3. The number of rotatable bonds is 1. The van der Waals surface area contributed by atoms with Gasteiger partial charge >= 0.3 is 0 Å². The third kappa shape index (κ3) is 1.71. The molecule has 1 nitrogen and oxygen atoms in total. The molecule has 0 aromatic heterocycles. The first-order valence-corrected chi connectivity index (χ1v) is 6.61. The average Bonchev–Trinajstić information content (AvgIpc) is 2.82. The van der Waals surface area contributed by atoms with Crippen LogP contribution in [0.2, 0.25) is 0 Å². The van der Waals surface area contributed by atoms with Gasteiger partial charge < -0.3 is 5.32 Å². The highest BCUT2D eigenvalue weighted by Gasteiger charge is 2.16. The van der Waals surface area contributed by atoms with E-state index in [1.807, 2.05) is 0 Å². The summed E-state index contributed by atoms with van der Waals surface area (Å²) in [6, 6.07) is 11.2. The summed E-state index contributed by atoms with van der Waals surface area (Å²) in [6.07, 6.45) is 1.14. The van der Waals surface area contributed by atoms with Crippen LogP contribution < -0.4 is 5.32 Å². The minimum Gasteiger partial charge on any atom is -0.384 e. The van der Waals surface area contributed by atoms with Gasteiger partial charge in [-0.2, -0.15) is 0 Å². The van der Waals surface area contributed by atoms with Crippen molar-refractivity contribution >= 4 is 5.69 Å². The summed E-state index contributed by atoms with van der Waals surface area (Å²) in [7, 11) is 0. The largest absolute Gasteiger partial charge is 0.384 e. The lowest BCUT2D eigenvalue weighted by Gasteiger charge is -2.13. The maximum absolute atomic E-state index is 3.46. The first-order chi connectivity index (χ1) is 8.66. The molecule has 3 rings (SSSR count). The van der Waals surface area contributed by atoms with Crippen LogP contribution in [0.1, 0.15) is 22.3 Å². The fourth-order valence-electron chi connectivity index (χ4n) is 2.85. The Morgan fingerprint density at radius 1 is 0.889 bits per heavy atom. The maximum atomic E-state index is 3.46. The molecule has 0 spiro atoms. The highest BCUT2D eigenvalue weighted by atomic mass is 14.9. The molecule has 0 aliphatic carbocycles. The van der Waals surface area contributed by atoms with Crippen molar-refractivity contribution in [3.05, 3.63) is 52.6 Å². The SMILES string of the molecule is Cc1cc(C)c(-c2cccc3c2CCN3)cc1C. The average molecular weight is 237 g/mol. The van der Waals surface area contributed by atoms with E-state index in [0.717, 1.165) is 13.0 Å². The number of hydrogen-bond acceptors (Lipinski definition) is 1. The Bertz CT molecular complexity index is 611. The van der Waals surface area contributed by atoms with E-state index < -0.39 is 0 Å². The number of hydrogen-bond donors (Lipinski definition) is 1. The number of anilines is 1. The highest BCUT2D eigenvalue weighted by Crippen LogP contribution is 2.35. The smallest absolute Gasteiger partial charge is 0.0379 e. The van der Waals surface area contributed by atoms with Gasteiger partial charge in [-0.25, -0.2) is 0 Å². The van der Waals surface area contributed by atoms with Crippen molar-refractivity contribution in [1.29, 1.82) is 0 Å². The molecule has 0 atom stereocenters. The summed E-state index contributed by atoms with van der Waals surface area (Å²) >= 11 is 0. The molecule has 18 heavy (non-hydrogen) atoms. The first-order valence-electron chi connectivity index (χ1n) is 6.61. The third-order valence-electron chi connectivity index (χ3n) is 4.00. The summed E-state index contributed by atoms with van der Waals surface area (Å²) in [5.74, 6) is 0. The zero-order valence-electron chi connectivity index (χ0n) is 11.3. The molecule has 0 saturated carbocycles. The monoisotopic (exact) mass is 237 g/mol. The second kappa shape index (κ2) is 4.16. The van der Waals surface area contributed by atoms with Crippen molar-refractivity contribution in [3.63, 3.8) is 0 Å². The van der Waals surface area contributed by atoms with Crippen molar-refractivity contribution in [3.8, 4) is 11.1 Å². The topological polar surface area (TPSA) is 12.0 Å².